The lowest BCUT2D eigenvalue weighted by Crippen LogP contribution is -2.47. The molecular weight excluding hydrogens is 258 g/mol. The van der Waals surface area contributed by atoms with Gasteiger partial charge in [0.2, 0.25) is 5.89 Å². The SMILES string of the molecule is CCCC1(C(=O)O)CCCN(Cc2nc(CC)no2)C1. The molecule has 0 bridgehead atoms. The first kappa shape index (κ1) is 15.0. The van der Waals surface area contributed by atoms with E-state index in [0.717, 1.165) is 38.6 Å². The zero-order valence-electron chi connectivity index (χ0n) is 12.3. The van der Waals surface area contributed by atoms with E-state index in [9.17, 15) is 9.90 Å². The van der Waals surface area contributed by atoms with E-state index in [1.54, 1.807) is 0 Å². The maximum Gasteiger partial charge on any atom is 0.310 e. The van der Waals surface area contributed by atoms with Crippen molar-refractivity contribution in [3.8, 4) is 0 Å². The molecule has 1 atom stereocenters. The Hall–Kier alpha value is -1.43. The molecule has 6 heteroatoms. The summed E-state index contributed by atoms with van der Waals surface area (Å²) in [6.07, 6.45) is 4.03. The summed E-state index contributed by atoms with van der Waals surface area (Å²) in [6, 6.07) is 0. The highest BCUT2D eigenvalue weighted by Crippen LogP contribution is 2.35. The first-order chi connectivity index (χ1) is 9.59. The first-order valence-corrected chi connectivity index (χ1v) is 7.37. The van der Waals surface area contributed by atoms with Crippen molar-refractivity contribution in [1.82, 2.24) is 15.0 Å². The van der Waals surface area contributed by atoms with Crippen LogP contribution in [0.3, 0.4) is 0 Å². The molecule has 1 aromatic rings. The lowest BCUT2D eigenvalue weighted by molar-refractivity contribution is -0.153. The van der Waals surface area contributed by atoms with Crippen LogP contribution in [0.1, 0.15) is 51.2 Å². The normalized spacial score (nSPS) is 23.9. The molecule has 2 rings (SSSR count). The topological polar surface area (TPSA) is 79.5 Å². The molecule has 1 aromatic heterocycles. The molecule has 1 saturated heterocycles. The van der Waals surface area contributed by atoms with E-state index in [1.165, 1.54) is 0 Å². The van der Waals surface area contributed by atoms with Crippen molar-refractivity contribution in [2.45, 2.75) is 52.5 Å². The standard InChI is InChI=1S/C14H23N3O3/c1-3-6-14(13(18)19)7-5-8-17(10-14)9-12-15-11(4-2)16-20-12/h3-10H2,1-2H3,(H,18,19). The number of carboxylic acids is 1. The molecule has 20 heavy (non-hydrogen) atoms. The molecule has 112 valence electrons. The Balaban J connectivity index is 2.03. The minimum Gasteiger partial charge on any atom is -0.481 e. The number of carboxylic acid groups (broad SMARTS) is 1. The molecule has 0 saturated carbocycles. The van der Waals surface area contributed by atoms with Gasteiger partial charge in [0.15, 0.2) is 5.82 Å². The fourth-order valence-corrected chi connectivity index (χ4v) is 3.02. The number of aromatic nitrogens is 2. The van der Waals surface area contributed by atoms with Crippen LogP contribution in [-0.2, 0) is 17.8 Å². The summed E-state index contributed by atoms with van der Waals surface area (Å²) in [5.41, 5.74) is -0.611. The van der Waals surface area contributed by atoms with Gasteiger partial charge in [-0.3, -0.25) is 9.69 Å². The second-order valence-electron chi connectivity index (χ2n) is 5.61. The van der Waals surface area contributed by atoms with Crippen LogP contribution >= 0.6 is 0 Å². The largest absolute Gasteiger partial charge is 0.481 e. The average Bonchev–Trinajstić information content (AvgIpc) is 2.87. The van der Waals surface area contributed by atoms with Crippen molar-refractivity contribution in [2.24, 2.45) is 5.41 Å². The predicted octanol–water partition coefficient (Wildman–Crippen LogP) is 2.10. The van der Waals surface area contributed by atoms with Gasteiger partial charge in [0, 0.05) is 13.0 Å². The van der Waals surface area contributed by atoms with E-state index in [0.29, 0.717) is 24.8 Å². The highest BCUT2D eigenvalue weighted by atomic mass is 16.5. The van der Waals surface area contributed by atoms with Crippen LogP contribution in [0, 0.1) is 5.41 Å². The molecule has 6 nitrogen and oxygen atoms in total. The van der Waals surface area contributed by atoms with Crippen LogP contribution in [0.25, 0.3) is 0 Å². The minimum atomic E-state index is -0.677. The molecule has 1 aliphatic heterocycles. The van der Waals surface area contributed by atoms with Crippen LogP contribution in [0.5, 0.6) is 0 Å². The Morgan fingerprint density at radius 2 is 2.30 bits per heavy atom. The van der Waals surface area contributed by atoms with Crippen molar-refractivity contribution in [3.05, 3.63) is 11.7 Å². The summed E-state index contributed by atoms with van der Waals surface area (Å²) in [6.45, 7) is 6.02. The van der Waals surface area contributed by atoms with Crippen molar-refractivity contribution in [3.63, 3.8) is 0 Å². The van der Waals surface area contributed by atoms with Gasteiger partial charge in [-0.25, -0.2) is 0 Å². The van der Waals surface area contributed by atoms with Crippen LogP contribution < -0.4 is 0 Å². The summed E-state index contributed by atoms with van der Waals surface area (Å²) >= 11 is 0. The monoisotopic (exact) mass is 281 g/mol. The molecule has 0 amide bonds. The van der Waals surface area contributed by atoms with E-state index in [4.69, 9.17) is 4.52 Å². The number of hydrogen-bond acceptors (Lipinski definition) is 5. The van der Waals surface area contributed by atoms with Gasteiger partial charge in [-0.05, 0) is 25.8 Å². The Morgan fingerprint density at radius 1 is 1.50 bits per heavy atom. The van der Waals surface area contributed by atoms with Gasteiger partial charge in [-0.2, -0.15) is 4.98 Å². The van der Waals surface area contributed by atoms with Gasteiger partial charge in [-0.1, -0.05) is 25.4 Å². The second kappa shape index (κ2) is 6.35. The third-order valence-corrected chi connectivity index (χ3v) is 4.02. The zero-order valence-corrected chi connectivity index (χ0v) is 12.3. The summed E-state index contributed by atoms with van der Waals surface area (Å²) in [5.74, 6) is 0.610. The van der Waals surface area contributed by atoms with Crippen molar-refractivity contribution >= 4 is 5.97 Å². The maximum absolute atomic E-state index is 11.6. The molecule has 1 unspecified atom stereocenters. The van der Waals surface area contributed by atoms with E-state index in [-0.39, 0.29) is 0 Å². The Morgan fingerprint density at radius 3 is 2.90 bits per heavy atom. The van der Waals surface area contributed by atoms with Gasteiger partial charge in [0.25, 0.3) is 0 Å². The summed E-state index contributed by atoms with van der Waals surface area (Å²) < 4.78 is 5.20. The number of hydrogen-bond donors (Lipinski definition) is 1. The lowest BCUT2D eigenvalue weighted by atomic mass is 9.76. The fourth-order valence-electron chi connectivity index (χ4n) is 3.02. The number of piperidine rings is 1. The van der Waals surface area contributed by atoms with E-state index in [2.05, 4.69) is 15.0 Å². The van der Waals surface area contributed by atoms with E-state index >= 15 is 0 Å². The number of nitrogens with zero attached hydrogens (tertiary/aromatic N) is 3. The van der Waals surface area contributed by atoms with Gasteiger partial charge in [0.1, 0.15) is 0 Å². The van der Waals surface area contributed by atoms with E-state index in [1.807, 2.05) is 13.8 Å². The van der Waals surface area contributed by atoms with Crippen LogP contribution in [0.2, 0.25) is 0 Å². The number of rotatable bonds is 6. The van der Waals surface area contributed by atoms with Crippen LogP contribution in [0.4, 0.5) is 0 Å². The van der Waals surface area contributed by atoms with Crippen molar-refractivity contribution < 1.29 is 14.4 Å². The predicted molar refractivity (Wildman–Crippen MR) is 73.2 cm³/mol. The molecular formula is C14H23N3O3. The zero-order chi connectivity index (χ0) is 14.6. The van der Waals surface area contributed by atoms with E-state index < -0.39 is 11.4 Å². The number of aliphatic carboxylic acids is 1. The summed E-state index contributed by atoms with van der Waals surface area (Å²) in [7, 11) is 0. The Bertz CT molecular complexity index is 456. The molecule has 1 aliphatic rings. The Labute approximate surface area is 119 Å². The van der Waals surface area contributed by atoms with Crippen LogP contribution in [0.15, 0.2) is 4.52 Å². The quantitative estimate of drug-likeness (QED) is 0.860. The number of aryl methyl sites for hydroxylation is 1. The van der Waals surface area contributed by atoms with Gasteiger partial charge in [0.05, 0.1) is 12.0 Å². The van der Waals surface area contributed by atoms with Crippen molar-refractivity contribution in [2.75, 3.05) is 13.1 Å². The molecule has 0 aliphatic carbocycles. The molecule has 0 spiro atoms. The summed E-state index contributed by atoms with van der Waals surface area (Å²) in [5, 5.41) is 13.4. The lowest BCUT2D eigenvalue weighted by Gasteiger charge is -2.39. The summed E-state index contributed by atoms with van der Waals surface area (Å²) in [4.78, 5) is 18.1. The van der Waals surface area contributed by atoms with Gasteiger partial charge in [-0.15, -0.1) is 0 Å². The third-order valence-electron chi connectivity index (χ3n) is 4.02. The highest BCUT2D eigenvalue weighted by molar-refractivity contribution is 5.75. The second-order valence-corrected chi connectivity index (χ2v) is 5.61. The van der Waals surface area contributed by atoms with Gasteiger partial charge >= 0.3 is 5.97 Å². The maximum atomic E-state index is 11.6. The minimum absolute atomic E-state index is 0.547. The van der Waals surface area contributed by atoms with Crippen LogP contribution in [-0.4, -0.2) is 39.2 Å². The van der Waals surface area contributed by atoms with Gasteiger partial charge < -0.3 is 9.63 Å². The molecule has 1 N–H and O–H groups in total. The molecule has 0 radical (unpaired) electrons. The number of carbonyl (C=O) groups is 1. The first-order valence-electron chi connectivity index (χ1n) is 7.37. The third kappa shape index (κ3) is 3.17. The molecule has 1 fully saturated rings. The Kier molecular flexibility index (Phi) is 4.75. The highest BCUT2D eigenvalue weighted by Gasteiger charge is 2.41. The smallest absolute Gasteiger partial charge is 0.310 e. The molecule has 0 aromatic carbocycles. The number of likely N-dealkylation sites (tertiary alicyclic amines) is 1. The average molecular weight is 281 g/mol. The molecule has 2 heterocycles. The fraction of sp³-hybridized carbons (Fsp3) is 0.786. The van der Waals surface area contributed by atoms with Crippen molar-refractivity contribution in [1.29, 1.82) is 0 Å².